The molecule has 0 aliphatic rings. The number of carbonyl (C=O) groups is 1. The molecule has 1 aromatic rings. The monoisotopic (exact) mass is 240 g/mol. The molecule has 3 nitrogen and oxygen atoms in total. The Morgan fingerprint density at radius 3 is 2.56 bits per heavy atom. The van der Waals surface area contributed by atoms with E-state index >= 15 is 0 Å². The second-order valence-electron chi connectivity index (χ2n) is 3.37. The van der Waals surface area contributed by atoms with Crippen LogP contribution in [0.4, 0.5) is 4.79 Å². The van der Waals surface area contributed by atoms with Gasteiger partial charge in [0.05, 0.1) is 13.7 Å². The van der Waals surface area contributed by atoms with Crippen LogP contribution in [0, 0.1) is 13.8 Å². The van der Waals surface area contributed by atoms with E-state index < -0.39 is 0 Å². The maximum absolute atomic E-state index is 11.3. The first-order valence-electron chi connectivity index (χ1n) is 5.08. The van der Waals surface area contributed by atoms with Crippen molar-refractivity contribution < 1.29 is 14.3 Å². The predicted octanol–water partition coefficient (Wildman–Crippen LogP) is 3.56. The standard InChI is InChI=1S/C12H16O3S/c1-5-15-12(13)16-11-7-8(2)10(14-4)6-9(11)3/h6-7H,5H2,1-4H3. The average molecular weight is 240 g/mol. The number of ether oxygens (including phenoxy) is 2. The van der Waals surface area contributed by atoms with Crippen LogP contribution in [0.2, 0.25) is 0 Å². The van der Waals surface area contributed by atoms with E-state index in [1.165, 1.54) is 0 Å². The van der Waals surface area contributed by atoms with Gasteiger partial charge in [-0.1, -0.05) is 0 Å². The summed E-state index contributed by atoms with van der Waals surface area (Å²) in [4.78, 5) is 12.3. The normalized spacial score (nSPS) is 10.0. The Balaban J connectivity index is 2.89. The number of thioether (sulfide) groups is 1. The summed E-state index contributed by atoms with van der Waals surface area (Å²) in [6.07, 6.45) is 0. The SMILES string of the molecule is CCOC(=O)Sc1cc(C)c(OC)cc1C. The summed E-state index contributed by atoms with van der Waals surface area (Å²) in [6.45, 7) is 6.10. The molecule has 0 atom stereocenters. The van der Waals surface area contributed by atoms with Gasteiger partial charge in [0.1, 0.15) is 5.75 Å². The summed E-state index contributed by atoms with van der Waals surface area (Å²) in [5, 5.41) is -0.268. The maximum Gasteiger partial charge on any atom is 0.372 e. The molecule has 0 saturated carbocycles. The molecule has 0 aliphatic heterocycles. The fourth-order valence-electron chi connectivity index (χ4n) is 1.33. The third-order valence-corrected chi connectivity index (χ3v) is 3.09. The maximum atomic E-state index is 11.3. The zero-order valence-corrected chi connectivity index (χ0v) is 10.8. The van der Waals surface area contributed by atoms with Crippen LogP contribution in [0.1, 0.15) is 18.1 Å². The van der Waals surface area contributed by atoms with Gasteiger partial charge >= 0.3 is 5.30 Å². The Morgan fingerprint density at radius 1 is 1.31 bits per heavy atom. The molecule has 0 bridgehead atoms. The molecule has 0 heterocycles. The third-order valence-electron chi connectivity index (χ3n) is 2.15. The second-order valence-corrected chi connectivity index (χ2v) is 4.35. The van der Waals surface area contributed by atoms with E-state index in [-0.39, 0.29) is 5.30 Å². The molecule has 0 aliphatic carbocycles. The van der Waals surface area contributed by atoms with Gasteiger partial charge in [0.25, 0.3) is 0 Å². The van der Waals surface area contributed by atoms with Crippen LogP contribution < -0.4 is 4.74 Å². The van der Waals surface area contributed by atoms with Crippen molar-refractivity contribution in [1.29, 1.82) is 0 Å². The number of hydrogen-bond acceptors (Lipinski definition) is 4. The molecular formula is C12H16O3S. The lowest BCUT2D eigenvalue weighted by Gasteiger charge is -2.10. The molecule has 4 heteroatoms. The number of rotatable bonds is 3. The van der Waals surface area contributed by atoms with Gasteiger partial charge in [0, 0.05) is 4.90 Å². The second kappa shape index (κ2) is 5.80. The van der Waals surface area contributed by atoms with Gasteiger partial charge in [-0.15, -0.1) is 0 Å². The zero-order chi connectivity index (χ0) is 12.1. The molecule has 0 saturated heterocycles. The Hall–Kier alpha value is -1.16. The number of hydrogen-bond donors (Lipinski definition) is 0. The molecule has 0 amide bonds. The molecule has 88 valence electrons. The lowest BCUT2D eigenvalue weighted by molar-refractivity contribution is 0.181. The summed E-state index contributed by atoms with van der Waals surface area (Å²) < 4.78 is 10.1. The first kappa shape index (κ1) is 12.9. The van der Waals surface area contributed by atoms with Crippen LogP contribution in [-0.2, 0) is 4.74 Å². The fraction of sp³-hybridized carbons (Fsp3) is 0.417. The van der Waals surface area contributed by atoms with Crippen molar-refractivity contribution in [1.82, 2.24) is 0 Å². The lowest BCUT2D eigenvalue weighted by Crippen LogP contribution is -1.97. The minimum atomic E-state index is -0.268. The first-order valence-corrected chi connectivity index (χ1v) is 5.90. The molecule has 1 aromatic carbocycles. The van der Waals surface area contributed by atoms with Crippen LogP contribution >= 0.6 is 11.8 Å². The van der Waals surface area contributed by atoms with Crippen molar-refractivity contribution in [2.24, 2.45) is 0 Å². The van der Waals surface area contributed by atoms with Crippen molar-refractivity contribution in [3.8, 4) is 5.75 Å². The number of methoxy groups -OCH3 is 1. The van der Waals surface area contributed by atoms with Crippen LogP contribution in [0.15, 0.2) is 17.0 Å². The van der Waals surface area contributed by atoms with E-state index in [9.17, 15) is 4.79 Å². The fourth-order valence-corrected chi connectivity index (χ4v) is 2.14. The van der Waals surface area contributed by atoms with Gasteiger partial charge in [-0.3, -0.25) is 0 Å². The highest BCUT2D eigenvalue weighted by Crippen LogP contribution is 2.30. The zero-order valence-electron chi connectivity index (χ0n) is 9.99. The van der Waals surface area contributed by atoms with Crippen LogP contribution in [0.5, 0.6) is 5.75 Å². The van der Waals surface area contributed by atoms with E-state index in [1.807, 2.05) is 26.0 Å². The van der Waals surface area contributed by atoms with E-state index in [1.54, 1.807) is 14.0 Å². The van der Waals surface area contributed by atoms with Crippen molar-refractivity contribution >= 4 is 17.1 Å². The first-order chi connectivity index (χ1) is 7.58. The largest absolute Gasteiger partial charge is 0.496 e. The summed E-state index contributed by atoms with van der Waals surface area (Å²) in [5.74, 6) is 0.839. The van der Waals surface area contributed by atoms with Crippen molar-refractivity contribution in [3.63, 3.8) is 0 Å². The van der Waals surface area contributed by atoms with Crippen molar-refractivity contribution in [3.05, 3.63) is 23.3 Å². The highest BCUT2D eigenvalue weighted by atomic mass is 32.2. The van der Waals surface area contributed by atoms with E-state index in [4.69, 9.17) is 9.47 Å². The van der Waals surface area contributed by atoms with E-state index in [0.29, 0.717) is 6.61 Å². The smallest absolute Gasteiger partial charge is 0.372 e. The van der Waals surface area contributed by atoms with E-state index in [2.05, 4.69) is 0 Å². The van der Waals surface area contributed by atoms with Gasteiger partial charge in [0.2, 0.25) is 0 Å². The van der Waals surface area contributed by atoms with Crippen LogP contribution in [0.3, 0.4) is 0 Å². The minimum Gasteiger partial charge on any atom is -0.496 e. The molecule has 0 spiro atoms. The van der Waals surface area contributed by atoms with Crippen molar-refractivity contribution in [2.45, 2.75) is 25.7 Å². The quantitative estimate of drug-likeness (QED) is 0.598. The third kappa shape index (κ3) is 3.17. The number of aryl methyl sites for hydroxylation is 2. The molecule has 0 unspecified atom stereocenters. The van der Waals surface area contributed by atoms with Gasteiger partial charge < -0.3 is 9.47 Å². The van der Waals surface area contributed by atoms with Crippen molar-refractivity contribution in [2.75, 3.05) is 13.7 Å². The highest BCUT2D eigenvalue weighted by molar-refractivity contribution is 8.13. The Morgan fingerprint density at radius 2 is 2.00 bits per heavy atom. The molecule has 16 heavy (non-hydrogen) atoms. The van der Waals surface area contributed by atoms with Gasteiger partial charge in [-0.2, -0.15) is 0 Å². The summed E-state index contributed by atoms with van der Waals surface area (Å²) in [5.41, 5.74) is 2.03. The van der Waals surface area contributed by atoms with Crippen LogP contribution in [-0.4, -0.2) is 19.0 Å². The van der Waals surface area contributed by atoms with Gasteiger partial charge in [-0.05, 0) is 55.8 Å². The lowest BCUT2D eigenvalue weighted by atomic mass is 10.1. The summed E-state index contributed by atoms with van der Waals surface area (Å²) >= 11 is 1.11. The Bertz CT molecular complexity index is 388. The summed E-state index contributed by atoms with van der Waals surface area (Å²) in [7, 11) is 1.64. The predicted molar refractivity (Wildman–Crippen MR) is 65.3 cm³/mol. The molecule has 1 rings (SSSR count). The van der Waals surface area contributed by atoms with E-state index in [0.717, 1.165) is 33.5 Å². The molecule has 0 fully saturated rings. The summed E-state index contributed by atoms with van der Waals surface area (Å²) in [6, 6.07) is 3.87. The molecule has 0 aromatic heterocycles. The molecule has 0 radical (unpaired) electrons. The number of carbonyl (C=O) groups excluding carboxylic acids is 1. The topological polar surface area (TPSA) is 35.5 Å². The minimum absolute atomic E-state index is 0.268. The average Bonchev–Trinajstić information content (AvgIpc) is 2.23. The molecular weight excluding hydrogens is 224 g/mol. The highest BCUT2D eigenvalue weighted by Gasteiger charge is 2.10. The Labute approximate surface area is 100 Å². The van der Waals surface area contributed by atoms with Gasteiger partial charge in [-0.25, -0.2) is 4.79 Å². The molecule has 0 N–H and O–H groups in total. The Kier molecular flexibility index (Phi) is 4.68. The van der Waals surface area contributed by atoms with Gasteiger partial charge in [0.15, 0.2) is 0 Å². The number of benzene rings is 1. The van der Waals surface area contributed by atoms with Crippen LogP contribution in [0.25, 0.3) is 0 Å².